The minimum Gasteiger partial charge on any atom is -0.493 e. The fourth-order valence-corrected chi connectivity index (χ4v) is 4.27. The van der Waals surface area contributed by atoms with Crippen LogP contribution in [0.5, 0.6) is 17.2 Å². The van der Waals surface area contributed by atoms with Crippen LogP contribution in [-0.4, -0.2) is 43.9 Å². The smallest absolute Gasteiger partial charge is 0.261 e. The van der Waals surface area contributed by atoms with Gasteiger partial charge in [0, 0.05) is 22.9 Å². The number of hydrogen-bond donors (Lipinski definition) is 0. The molecule has 1 unspecified atom stereocenters. The van der Waals surface area contributed by atoms with Gasteiger partial charge in [-0.05, 0) is 30.3 Å². The lowest BCUT2D eigenvalue weighted by molar-refractivity contribution is -0.133. The minimum atomic E-state index is -0.124. The van der Waals surface area contributed by atoms with Gasteiger partial charge in [-0.3, -0.25) is 4.79 Å². The lowest BCUT2D eigenvalue weighted by atomic mass is 10.1. The molecule has 0 N–H and O–H groups in total. The van der Waals surface area contributed by atoms with Gasteiger partial charge in [0.15, 0.2) is 18.1 Å². The third-order valence-corrected chi connectivity index (χ3v) is 5.58. The molecular weight excluding hydrogens is 374 g/mol. The Balaban J connectivity index is 1.73. The molecule has 0 bridgehead atoms. The predicted molar refractivity (Wildman–Crippen MR) is 103 cm³/mol. The maximum Gasteiger partial charge on any atom is 0.261 e. The summed E-state index contributed by atoms with van der Waals surface area (Å²) >= 11 is 7.56. The monoisotopic (exact) mass is 393 g/mol. The van der Waals surface area contributed by atoms with Crippen LogP contribution < -0.4 is 14.2 Å². The molecule has 1 heterocycles. The van der Waals surface area contributed by atoms with Crippen LogP contribution >= 0.6 is 23.4 Å². The zero-order chi connectivity index (χ0) is 18.5. The topological polar surface area (TPSA) is 48.0 Å². The van der Waals surface area contributed by atoms with Gasteiger partial charge in [-0.2, -0.15) is 0 Å². The van der Waals surface area contributed by atoms with E-state index in [2.05, 4.69) is 0 Å². The van der Waals surface area contributed by atoms with Crippen LogP contribution in [-0.2, 0) is 4.79 Å². The van der Waals surface area contributed by atoms with Crippen molar-refractivity contribution in [3.8, 4) is 17.2 Å². The third kappa shape index (κ3) is 4.02. The normalized spacial score (nSPS) is 16.4. The second-order valence-corrected chi connectivity index (χ2v) is 7.26. The highest BCUT2D eigenvalue weighted by Gasteiger charge is 2.33. The number of amides is 1. The molecule has 26 heavy (non-hydrogen) atoms. The Kier molecular flexibility index (Phi) is 6.16. The van der Waals surface area contributed by atoms with Crippen LogP contribution in [0.3, 0.4) is 0 Å². The number of rotatable bonds is 6. The Bertz CT molecular complexity index is 769. The maximum absolute atomic E-state index is 12.7. The number of halogens is 1. The summed E-state index contributed by atoms with van der Waals surface area (Å²) in [6.07, 6.45) is 0. The van der Waals surface area contributed by atoms with E-state index in [1.807, 2.05) is 23.1 Å². The van der Waals surface area contributed by atoms with Crippen molar-refractivity contribution in [2.24, 2.45) is 0 Å². The van der Waals surface area contributed by atoms with E-state index in [0.717, 1.165) is 11.3 Å². The SMILES string of the molecule is COc1cccc(C2SCCN2C(=O)COc2ccc(Cl)cc2)c1OC. The van der Waals surface area contributed by atoms with Gasteiger partial charge in [-0.1, -0.05) is 23.7 Å². The Morgan fingerprint density at radius 1 is 1.19 bits per heavy atom. The van der Waals surface area contributed by atoms with Crippen LogP contribution in [0.1, 0.15) is 10.9 Å². The number of carbonyl (C=O) groups is 1. The summed E-state index contributed by atoms with van der Waals surface area (Å²) in [6, 6.07) is 12.7. The zero-order valence-corrected chi connectivity index (χ0v) is 16.2. The molecule has 2 aromatic rings. The number of para-hydroxylation sites is 1. The lowest BCUT2D eigenvalue weighted by Crippen LogP contribution is -2.34. The summed E-state index contributed by atoms with van der Waals surface area (Å²) < 4.78 is 16.5. The average Bonchev–Trinajstić information content (AvgIpc) is 3.16. The maximum atomic E-state index is 12.7. The van der Waals surface area contributed by atoms with Crippen LogP contribution in [0.25, 0.3) is 0 Å². The highest BCUT2D eigenvalue weighted by molar-refractivity contribution is 7.99. The van der Waals surface area contributed by atoms with Gasteiger partial charge in [0.25, 0.3) is 5.91 Å². The van der Waals surface area contributed by atoms with Crippen LogP contribution in [0.2, 0.25) is 5.02 Å². The van der Waals surface area contributed by atoms with Crippen LogP contribution in [0.15, 0.2) is 42.5 Å². The Hall–Kier alpha value is -2.05. The molecule has 3 rings (SSSR count). The number of methoxy groups -OCH3 is 2. The number of carbonyl (C=O) groups excluding carboxylic acids is 1. The number of benzene rings is 2. The molecule has 1 aliphatic heterocycles. The summed E-state index contributed by atoms with van der Waals surface area (Å²) in [5, 5.41) is 0.506. The molecule has 1 aliphatic rings. The van der Waals surface area contributed by atoms with Gasteiger partial charge in [-0.25, -0.2) is 0 Å². The van der Waals surface area contributed by atoms with Crippen molar-refractivity contribution in [2.45, 2.75) is 5.37 Å². The Morgan fingerprint density at radius 3 is 2.65 bits per heavy atom. The molecule has 1 amide bonds. The van der Waals surface area contributed by atoms with Crippen molar-refractivity contribution in [2.75, 3.05) is 33.1 Å². The first-order valence-corrected chi connectivity index (χ1v) is 9.57. The Labute approximate surface area is 162 Å². The van der Waals surface area contributed by atoms with Gasteiger partial charge >= 0.3 is 0 Å². The molecule has 1 atom stereocenters. The summed E-state index contributed by atoms with van der Waals surface area (Å²) in [5.41, 5.74) is 0.925. The third-order valence-electron chi connectivity index (χ3n) is 4.09. The average molecular weight is 394 g/mol. The summed E-state index contributed by atoms with van der Waals surface area (Å²) in [6.45, 7) is 0.642. The van der Waals surface area contributed by atoms with E-state index in [1.165, 1.54) is 0 Å². The van der Waals surface area contributed by atoms with E-state index >= 15 is 0 Å². The van der Waals surface area contributed by atoms with E-state index in [0.29, 0.717) is 28.8 Å². The first-order valence-electron chi connectivity index (χ1n) is 8.14. The van der Waals surface area contributed by atoms with Crippen molar-refractivity contribution in [3.63, 3.8) is 0 Å². The number of ether oxygens (including phenoxy) is 3. The minimum absolute atomic E-state index is 0.0228. The van der Waals surface area contributed by atoms with E-state index in [4.69, 9.17) is 25.8 Å². The van der Waals surface area contributed by atoms with Crippen LogP contribution in [0, 0.1) is 0 Å². The highest BCUT2D eigenvalue weighted by Crippen LogP contribution is 2.45. The predicted octanol–water partition coefficient (Wildman–Crippen LogP) is 4.01. The highest BCUT2D eigenvalue weighted by atomic mass is 35.5. The number of nitrogens with zero attached hydrogens (tertiary/aromatic N) is 1. The molecule has 1 saturated heterocycles. The molecule has 0 spiro atoms. The molecule has 0 radical (unpaired) electrons. The number of thioether (sulfide) groups is 1. The quantitative estimate of drug-likeness (QED) is 0.742. The van der Waals surface area contributed by atoms with E-state index in [-0.39, 0.29) is 17.9 Å². The van der Waals surface area contributed by atoms with Crippen molar-refractivity contribution in [1.29, 1.82) is 0 Å². The molecule has 1 fully saturated rings. The molecule has 5 nitrogen and oxygen atoms in total. The largest absolute Gasteiger partial charge is 0.493 e. The first kappa shape index (κ1) is 18.7. The Morgan fingerprint density at radius 2 is 1.96 bits per heavy atom. The zero-order valence-electron chi connectivity index (χ0n) is 14.6. The van der Waals surface area contributed by atoms with Gasteiger partial charge in [-0.15, -0.1) is 11.8 Å². The molecule has 2 aromatic carbocycles. The lowest BCUT2D eigenvalue weighted by Gasteiger charge is -2.26. The van der Waals surface area contributed by atoms with E-state index < -0.39 is 0 Å². The van der Waals surface area contributed by atoms with Crippen molar-refractivity contribution < 1.29 is 19.0 Å². The summed E-state index contributed by atoms with van der Waals surface area (Å²) in [7, 11) is 3.21. The van der Waals surface area contributed by atoms with Gasteiger partial charge in [0.05, 0.1) is 14.2 Å². The molecule has 138 valence electrons. The molecule has 0 aliphatic carbocycles. The molecule has 0 saturated carbocycles. The van der Waals surface area contributed by atoms with E-state index in [9.17, 15) is 4.79 Å². The van der Waals surface area contributed by atoms with Gasteiger partial charge < -0.3 is 19.1 Å². The van der Waals surface area contributed by atoms with Gasteiger partial charge in [0.1, 0.15) is 11.1 Å². The molecule has 7 heteroatoms. The first-order chi connectivity index (χ1) is 12.6. The van der Waals surface area contributed by atoms with Crippen molar-refractivity contribution in [1.82, 2.24) is 4.90 Å². The van der Waals surface area contributed by atoms with Crippen molar-refractivity contribution in [3.05, 3.63) is 53.1 Å². The van der Waals surface area contributed by atoms with Gasteiger partial charge in [0.2, 0.25) is 0 Å². The summed E-state index contributed by atoms with van der Waals surface area (Å²) in [5.74, 6) is 2.72. The summed E-state index contributed by atoms with van der Waals surface area (Å²) in [4.78, 5) is 14.5. The van der Waals surface area contributed by atoms with E-state index in [1.54, 1.807) is 50.2 Å². The van der Waals surface area contributed by atoms with Crippen molar-refractivity contribution >= 4 is 29.3 Å². The van der Waals surface area contributed by atoms with Crippen LogP contribution in [0.4, 0.5) is 0 Å². The second kappa shape index (κ2) is 8.56. The standard InChI is InChI=1S/C19H20ClNO4S/c1-23-16-5-3-4-15(18(16)24-2)19-21(10-11-26-19)17(22)12-25-14-8-6-13(20)7-9-14/h3-9,19H,10-12H2,1-2H3. The number of hydrogen-bond acceptors (Lipinski definition) is 5. The fraction of sp³-hybridized carbons (Fsp3) is 0.316. The molecule has 0 aromatic heterocycles. The molecular formula is C19H20ClNO4S. The fourth-order valence-electron chi connectivity index (χ4n) is 2.85. The second-order valence-electron chi connectivity index (χ2n) is 5.64.